The number of aryl methyl sites for hydroxylation is 2. The van der Waals surface area contributed by atoms with Gasteiger partial charge in [0.05, 0.1) is 6.54 Å². The molecule has 0 aromatic carbocycles. The average molecular weight is 218 g/mol. The van der Waals surface area contributed by atoms with Gasteiger partial charge >= 0.3 is 0 Å². The zero-order valence-electron chi connectivity index (χ0n) is 9.38. The molecule has 0 amide bonds. The van der Waals surface area contributed by atoms with Crippen LogP contribution >= 0.6 is 0 Å². The normalized spacial score (nSPS) is 10.7. The average Bonchev–Trinajstić information content (AvgIpc) is 2.67. The second-order valence-electron chi connectivity index (χ2n) is 3.69. The van der Waals surface area contributed by atoms with Crippen LogP contribution in [0.1, 0.15) is 11.1 Å². The van der Waals surface area contributed by atoms with Gasteiger partial charge in [-0.1, -0.05) is 6.07 Å². The van der Waals surface area contributed by atoms with Gasteiger partial charge in [0, 0.05) is 12.7 Å². The van der Waals surface area contributed by atoms with Crippen LogP contribution in [0.25, 0.3) is 11.5 Å². The monoisotopic (exact) mass is 218 g/mol. The Labute approximate surface area is 93.5 Å². The first-order valence-corrected chi connectivity index (χ1v) is 5.12. The Hall–Kier alpha value is -1.82. The third-order valence-corrected chi connectivity index (χ3v) is 2.30. The molecule has 0 bridgehead atoms. The summed E-state index contributed by atoms with van der Waals surface area (Å²) in [5.41, 5.74) is 8.49. The van der Waals surface area contributed by atoms with E-state index in [1.807, 2.05) is 20.0 Å². The summed E-state index contributed by atoms with van der Waals surface area (Å²) in [6, 6.07) is 2.06. The van der Waals surface area contributed by atoms with E-state index in [1.165, 1.54) is 0 Å². The van der Waals surface area contributed by atoms with Crippen molar-refractivity contribution in [2.24, 2.45) is 5.73 Å². The largest absolute Gasteiger partial charge is 0.329 e. The van der Waals surface area contributed by atoms with Gasteiger partial charge in [-0.2, -0.15) is 0 Å². The molecule has 0 aliphatic rings. The molecule has 2 heterocycles. The molecule has 0 saturated carbocycles. The van der Waals surface area contributed by atoms with E-state index < -0.39 is 0 Å². The van der Waals surface area contributed by atoms with Crippen LogP contribution in [0, 0.1) is 13.8 Å². The van der Waals surface area contributed by atoms with Crippen LogP contribution < -0.4 is 5.73 Å². The predicted molar refractivity (Wildman–Crippen MR) is 59.6 cm³/mol. The van der Waals surface area contributed by atoms with Gasteiger partial charge in [-0.05, 0) is 35.4 Å². The highest BCUT2D eigenvalue weighted by Gasteiger charge is 2.12. The number of hydrogen-bond acceptors (Lipinski definition) is 5. The van der Waals surface area contributed by atoms with Crippen molar-refractivity contribution >= 4 is 0 Å². The molecule has 2 rings (SSSR count). The minimum absolute atomic E-state index is 0.503. The second-order valence-corrected chi connectivity index (χ2v) is 3.69. The number of aromatic nitrogens is 5. The number of rotatable bonds is 3. The van der Waals surface area contributed by atoms with E-state index in [2.05, 4.69) is 26.6 Å². The molecular formula is C10H14N6. The van der Waals surface area contributed by atoms with Crippen molar-refractivity contribution in [1.82, 2.24) is 25.2 Å². The van der Waals surface area contributed by atoms with E-state index >= 15 is 0 Å². The van der Waals surface area contributed by atoms with Gasteiger partial charge in [-0.15, -0.1) is 5.10 Å². The first-order valence-electron chi connectivity index (χ1n) is 5.12. The number of nitrogens with zero attached hydrogens (tertiary/aromatic N) is 5. The van der Waals surface area contributed by atoms with Crippen molar-refractivity contribution in [3.63, 3.8) is 0 Å². The molecule has 6 nitrogen and oxygen atoms in total. The molecule has 0 saturated heterocycles. The molecule has 0 atom stereocenters. The SMILES string of the molecule is Cc1cnc(-c2nnnn2CCN)c(C)c1. The smallest absolute Gasteiger partial charge is 0.200 e. The Morgan fingerprint density at radius 2 is 2.19 bits per heavy atom. The fourth-order valence-electron chi connectivity index (χ4n) is 1.60. The highest BCUT2D eigenvalue weighted by Crippen LogP contribution is 2.18. The van der Waals surface area contributed by atoms with Crippen LogP contribution in [0.4, 0.5) is 0 Å². The summed E-state index contributed by atoms with van der Waals surface area (Å²) in [7, 11) is 0. The van der Waals surface area contributed by atoms with Crippen LogP contribution in [0.3, 0.4) is 0 Å². The van der Waals surface area contributed by atoms with E-state index in [1.54, 1.807) is 4.68 Å². The molecule has 6 heteroatoms. The Morgan fingerprint density at radius 1 is 1.38 bits per heavy atom. The Kier molecular flexibility index (Phi) is 2.91. The van der Waals surface area contributed by atoms with Gasteiger partial charge in [0.2, 0.25) is 5.82 Å². The highest BCUT2D eigenvalue weighted by atomic mass is 15.5. The van der Waals surface area contributed by atoms with Gasteiger partial charge in [0.25, 0.3) is 0 Å². The summed E-state index contributed by atoms with van der Waals surface area (Å²) in [4.78, 5) is 4.36. The maximum absolute atomic E-state index is 5.49. The molecule has 0 aliphatic carbocycles. The quantitative estimate of drug-likeness (QED) is 0.801. The van der Waals surface area contributed by atoms with Gasteiger partial charge in [0.1, 0.15) is 5.69 Å². The number of tetrazole rings is 1. The topological polar surface area (TPSA) is 82.5 Å². The van der Waals surface area contributed by atoms with Crippen LogP contribution in [-0.4, -0.2) is 31.7 Å². The summed E-state index contributed by atoms with van der Waals surface area (Å²) in [6.07, 6.45) is 1.81. The molecule has 16 heavy (non-hydrogen) atoms. The van der Waals surface area contributed by atoms with E-state index in [-0.39, 0.29) is 0 Å². The zero-order valence-corrected chi connectivity index (χ0v) is 9.38. The van der Waals surface area contributed by atoms with E-state index in [9.17, 15) is 0 Å². The minimum Gasteiger partial charge on any atom is -0.329 e. The number of hydrogen-bond donors (Lipinski definition) is 1. The summed E-state index contributed by atoms with van der Waals surface area (Å²) < 4.78 is 1.67. The van der Waals surface area contributed by atoms with Crippen molar-refractivity contribution in [2.75, 3.05) is 6.54 Å². The first-order chi connectivity index (χ1) is 7.72. The lowest BCUT2D eigenvalue weighted by molar-refractivity contribution is 0.602. The fourth-order valence-corrected chi connectivity index (χ4v) is 1.60. The predicted octanol–water partition coefficient (Wildman–Crippen LogP) is 0.311. The highest BCUT2D eigenvalue weighted by molar-refractivity contribution is 5.54. The van der Waals surface area contributed by atoms with Crippen molar-refractivity contribution in [1.29, 1.82) is 0 Å². The minimum atomic E-state index is 0.503. The van der Waals surface area contributed by atoms with Crippen molar-refractivity contribution in [3.8, 4) is 11.5 Å². The van der Waals surface area contributed by atoms with Gasteiger partial charge < -0.3 is 5.73 Å². The van der Waals surface area contributed by atoms with Crippen LogP contribution in [0.2, 0.25) is 0 Å². The van der Waals surface area contributed by atoms with Gasteiger partial charge in [0.15, 0.2) is 0 Å². The molecule has 2 aromatic rings. The lowest BCUT2D eigenvalue weighted by Gasteiger charge is -2.05. The maximum Gasteiger partial charge on any atom is 0.200 e. The lowest BCUT2D eigenvalue weighted by Crippen LogP contribution is -2.13. The van der Waals surface area contributed by atoms with Crippen molar-refractivity contribution < 1.29 is 0 Å². The third-order valence-electron chi connectivity index (χ3n) is 2.30. The zero-order chi connectivity index (χ0) is 11.5. The van der Waals surface area contributed by atoms with Crippen molar-refractivity contribution in [3.05, 3.63) is 23.4 Å². The molecule has 0 aliphatic heterocycles. The van der Waals surface area contributed by atoms with Gasteiger partial charge in [-0.25, -0.2) is 4.68 Å². The fraction of sp³-hybridized carbons (Fsp3) is 0.400. The third kappa shape index (κ3) is 1.92. The second kappa shape index (κ2) is 4.36. The molecule has 2 aromatic heterocycles. The molecule has 2 N–H and O–H groups in total. The Bertz CT molecular complexity index is 490. The standard InChI is InChI=1S/C10H14N6/c1-7-5-8(2)9(12-6-7)10-13-14-15-16(10)4-3-11/h5-6H,3-4,11H2,1-2H3. The summed E-state index contributed by atoms with van der Waals surface area (Å²) in [5.74, 6) is 0.669. The van der Waals surface area contributed by atoms with Crippen LogP contribution in [0.15, 0.2) is 12.3 Å². The number of pyridine rings is 1. The van der Waals surface area contributed by atoms with Crippen molar-refractivity contribution in [2.45, 2.75) is 20.4 Å². The lowest BCUT2D eigenvalue weighted by atomic mass is 10.1. The number of nitrogens with two attached hydrogens (primary N) is 1. The molecule has 84 valence electrons. The van der Waals surface area contributed by atoms with Gasteiger partial charge in [-0.3, -0.25) is 4.98 Å². The molecule has 0 radical (unpaired) electrons. The van der Waals surface area contributed by atoms with E-state index in [0.29, 0.717) is 18.9 Å². The Morgan fingerprint density at radius 3 is 2.88 bits per heavy atom. The summed E-state index contributed by atoms with van der Waals surface area (Å²) >= 11 is 0. The van der Waals surface area contributed by atoms with E-state index in [4.69, 9.17) is 5.73 Å². The van der Waals surface area contributed by atoms with E-state index in [0.717, 1.165) is 16.8 Å². The van der Waals surface area contributed by atoms with Crippen LogP contribution in [-0.2, 0) is 6.54 Å². The molecular weight excluding hydrogens is 204 g/mol. The van der Waals surface area contributed by atoms with Crippen LogP contribution in [0.5, 0.6) is 0 Å². The molecule has 0 unspecified atom stereocenters. The summed E-state index contributed by atoms with van der Waals surface area (Å²) in [5, 5.41) is 11.5. The molecule has 0 spiro atoms. The maximum atomic E-state index is 5.49. The first kappa shape index (κ1) is 10.7. The summed E-state index contributed by atoms with van der Waals surface area (Å²) in [6.45, 7) is 5.10. The Balaban J connectivity index is 2.46. The molecule has 0 fully saturated rings.